The second-order valence-electron chi connectivity index (χ2n) is 11.2. The maximum Gasteiger partial charge on any atom is 0.355 e. The third-order valence-electron chi connectivity index (χ3n) is 8.41. The Morgan fingerprint density at radius 1 is 1.14 bits per heavy atom. The number of benzene rings is 1. The molecular formula is C31H29F2N7O2. The summed E-state index contributed by atoms with van der Waals surface area (Å²) in [6.45, 7) is 8.78. The predicted molar refractivity (Wildman–Crippen MR) is 156 cm³/mol. The highest BCUT2D eigenvalue weighted by Gasteiger charge is 2.51. The molecule has 1 amide bonds. The van der Waals surface area contributed by atoms with E-state index in [-0.39, 0.29) is 40.8 Å². The van der Waals surface area contributed by atoms with E-state index in [9.17, 15) is 9.59 Å². The topological polar surface area (TPSA) is 96.3 Å². The minimum atomic E-state index is -0.711. The van der Waals surface area contributed by atoms with Crippen molar-refractivity contribution in [3.8, 4) is 16.9 Å². The van der Waals surface area contributed by atoms with Gasteiger partial charge in [-0.15, -0.1) is 0 Å². The summed E-state index contributed by atoms with van der Waals surface area (Å²) in [7, 11) is 0. The Hall–Kier alpha value is -4.67. The van der Waals surface area contributed by atoms with Gasteiger partial charge in [0.05, 0.1) is 34.5 Å². The highest BCUT2D eigenvalue weighted by molar-refractivity contribution is 5.92. The van der Waals surface area contributed by atoms with Gasteiger partial charge in [0.2, 0.25) is 5.91 Å². The summed E-state index contributed by atoms with van der Waals surface area (Å²) < 4.78 is 32.8. The van der Waals surface area contributed by atoms with E-state index in [4.69, 9.17) is 4.98 Å². The molecule has 1 saturated carbocycles. The predicted octanol–water partition coefficient (Wildman–Crippen LogP) is 4.19. The first-order valence-electron chi connectivity index (χ1n) is 14.1. The highest BCUT2D eigenvalue weighted by atomic mass is 19.1. The van der Waals surface area contributed by atoms with Crippen LogP contribution in [0, 0.1) is 11.6 Å². The fraction of sp³-hybridized carbons (Fsp3) is 0.323. The number of nitrogens with zero attached hydrogens (tertiary/aromatic N) is 6. The van der Waals surface area contributed by atoms with Gasteiger partial charge in [-0.3, -0.25) is 9.78 Å². The molecule has 9 nitrogen and oxygen atoms in total. The Kier molecular flexibility index (Phi) is 6.07. The van der Waals surface area contributed by atoms with Crippen LogP contribution in [0.15, 0.2) is 54.0 Å². The lowest BCUT2D eigenvalue weighted by Gasteiger charge is -2.35. The van der Waals surface area contributed by atoms with Crippen LogP contribution in [0.1, 0.15) is 37.4 Å². The van der Waals surface area contributed by atoms with Crippen LogP contribution >= 0.6 is 0 Å². The number of fused-ring (bicyclic) bond motifs is 6. The number of anilines is 2. The maximum atomic E-state index is 16.1. The Morgan fingerprint density at radius 2 is 1.98 bits per heavy atom. The molecule has 0 radical (unpaired) electrons. The van der Waals surface area contributed by atoms with Crippen LogP contribution in [0.25, 0.3) is 28.0 Å². The molecular weight excluding hydrogens is 540 g/mol. The second-order valence-corrected chi connectivity index (χ2v) is 11.2. The third kappa shape index (κ3) is 3.98. The first-order chi connectivity index (χ1) is 20.3. The van der Waals surface area contributed by atoms with Crippen molar-refractivity contribution < 1.29 is 13.6 Å². The van der Waals surface area contributed by atoms with Crippen molar-refractivity contribution in [2.75, 3.05) is 29.9 Å². The normalized spacial score (nSPS) is 19.1. The van der Waals surface area contributed by atoms with Gasteiger partial charge in [0.1, 0.15) is 23.1 Å². The molecule has 5 heterocycles. The summed E-state index contributed by atoms with van der Waals surface area (Å²) in [4.78, 5) is 44.0. The van der Waals surface area contributed by atoms with Gasteiger partial charge in [-0.2, -0.15) is 4.98 Å². The molecule has 42 heavy (non-hydrogen) atoms. The molecule has 7 rings (SSSR count). The van der Waals surface area contributed by atoms with Crippen molar-refractivity contribution in [1.29, 1.82) is 0 Å². The van der Waals surface area contributed by atoms with Gasteiger partial charge in [0.25, 0.3) is 0 Å². The highest BCUT2D eigenvalue weighted by Crippen LogP contribution is 2.42. The summed E-state index contributed by atoms with van der Waals surface area (Å²) >= 11 is 0. The van der Waals surface area contributed by atoms with Crippen LogP contribution in [-0.4, -0.2) is 62.0 Å². The van der Waals surface area contributed by atoms with Gasteiger partial charge in [-0.25, -0.2) is 23.1 Å². The molecule has 2 aliphatic heterocycles. The zero-order valence-corrected chi connectivity index (χ0v) is 23.3. The lowest BCUT2D eigenvalue weighted by atomic mass is 9.99. The van der Waals surface area contributed by atoms with E-state index in [2.05, 4.69) is 21.9 Å². The van der Waals surface area contributed by atoms with Crippen LogP contribution in [-0.2, 0) is 11.2 Å². The van der Waals surface area contributed by atoms with Crippen molar-refractivity contribution in [2.45, 2.75) is 44.7 Å². The minimum absolute atomic E-state index is 0.0441. The summed E-state index contributed by atoms with van der Waals surface area (Å²) in [5, 5.41) is 3.72. The molecule has 1 N–H and O–H groups in total. The molecule has 2 bridgehead atoms. The van der Waals surface area contributed by atoms with E-state index < -0.39 is 17.3 Å². The van der Waals surface area contributed by atoms with Crippen molar-refractivity contribution in [2.24, 2.45) is 0 Å². The smallest absolute Gasteiger partial charge is 0.355 e. The molecule has 3 aliphatic rings. The molecule has 4 aromatic rings. The van der Waals surface area contributed by atoms with Crippen LogP contribution in [0.2, 0.25) is 0 Å². The number of carbonyl (C=O) groups excluding carboxylic acids is 1. The molecule has 11 heteroatoms. The molecule has 1 saturated heterocycles. The Labute approximate surface area is 240 Å². The van der Waals surface area contributed by atoms with Crippen molar-refractivity contribution in [3.05, 3.63) is 82.6 Å². The molecule has 2 atom stereocenters. The Bertz CT molecular complexity index is 1850. The SMILES string of the molecule is C=CC(=O)N1CCN(c2nc(=O)n3c4nc(c(F)cc24)-c2c(F)cccc2CCNc2ccnc(C(C)C)c2-3)[C@H]2C[C@H]21. The van der Waals surface area contributed by atoms with E-state index >= 15 is 8.78 Å². The maximum absolute atomic E-state index is 16.1. The van der Waals surface area contributed by atoms with Gasteiger partial charge < -0.3 is 15.1 Å². The van der Waals surface area contributed by atoms with Crippen molar-refractivity contribution >= 4 is 28.4 Å². The number of hydrogen-bond donors (Lipinski definition) is 1. The van der Waals surface area contributed by atoms with Crippen molar-refractivity contribution in [1.82, 2.24) is 24.4 Å². The van der Waals surface area contributed by atoms with Gasteiger partial charge in [0.15, 0.2) is 5.65 Å². The van der Waals surface area contributed by atoms with Gasteiger partial charge >= 0.3 is 5.69 Å². The number of piperazine rings is 1. The summed E-state index contributed by atoms with van der Waals surface area (Å²) in [5.74, 6) is -1.21. The minimum Gasteiger partial charge on any atom is -0.383 e. The summed E-state index contributed by atoms with van der Waals surface area (Å²) in [5.41, 5.74) is 1.86. The fourth-order valence-electron chi connectivity index (χ4n) is 6.39. The number of amides is 1. The van der Waals surface area contributed by atoms with E-state index in [1.807, 2.05) is 18.7 Å². The van der Waals surface area contributed by atoms with Crippen LogP contribution < -0.4 is 15.9 Å². The largest absolute Gasteiger partial charge is 0.383 e. The summed E-state index contributed by atoms with van der Waals surface area (Å²) in [6, 6.07) is 7.63. The number of pyridine rings is 2. The lowest BCUT2D eigenvalue weighted by molar-refractivity contribution is -0.126. The monoisotopic (exact) mass is 569 g/mol. The number of hydrogen-bond acceptors (Lipinski definition) is 7. The number of carbonyl (C=O) groups is 1. The van der Waals surface area contributed by atoms with E-state index in [0.717, 1.165) is 0 Å². The molecule has 1 aromatic carbocycles. The van der Waals surface area contributed by atoms with Crippen LogP contribution in [0.4, 0.5) is 20.3 Å². The standard InChI is InChI=1S/C31H29F2N7O2/c1-4-24(41)38-12-13-39(23-15-22(23)38)29-18-14-20(33)27-25-17(6-5-7-19(25)32)8-10-34-21-9-11-35-26(16(2)3)28(21)40(30(18)36-27)31(42)37-29/h4-7,9,11,14,16,22-23,34H,1,8,10,12-13,15H2,2-3H3/t22-,23+/m1/s1. The molecule has 1 aliphatic carbocycles. The molecule has 3 aromatic heterocycles. The fourth-order valence-corrected chi connectivity index (χ4v) is 6.39. The third-order valence-corrected chi connectivity index (χ3v) is 8.41. The van der Waals surface area contributed by atoms with Gasteiger partial charge in [-0.1, -0.05) is 32.6 Å². The average molecular weight is 570 g/mol. The first-order valence-corrected chi connectivity index (χ1v) is 14.1. The van der Waals surface area contributed by atoms with E-state index in [1.165, 1.54) is 22.8 Å². The number of rotatable bonds is 3. The average Bonchev–Trinajstić information content (AvgIpc) is 3.77. The van der Waals surface area contributed by atoms with E-state index in [0.29, 0.717) is 66.3 Å². The lowest BCUT2D eigenvalue weighted by Crippen LogP contribution is -2.49. The molecule has 0 spiro atoms. The molecule has 0 unspecified atom stereocenters. The molecule has 2 fully saturated rings. The molecule has 214 valence electrons. The number of aromatic nitrogens is 4. The zero-order valence-electron chi connectivity index (χ0n) is 23.3. The van der Waals surface area contributed by atoms with Gasteiger partial charge in [0, 0.05) is 31.4 Å². The van der Waals surface area contributed by atoms with Crippen LogP contribution in [0.5, 0.6) is 0 Å². The second kappa shape index (κ2) is 9.71. The number of halogens is 2. The Morgan fingerprint density at radius 3 is 2.76 bits per heavy atom. The zero-order chi connectivity index (χ0) is 29.3. The van der Waals surface area contributed by atoms with Crippen LogP contribution in [0.3, 0.4) is 0 Å². The first kappa shape index (κ1) is 26.2. The number of nitrogens with one attached hydrogen (secondary N) is 1. The van der Waals surface area contributed by atoms with Gasteiger partial charge in [-0.05, 0) is 48.6 Å². The quantitative estimate of drug-likeness (QED) is 0.370. The Balaban J connectivity index is 1.53. The van der Waals surface area contributed by atoms with Crippen molar-refractivity contribution in [3.63, 3.8) is 0 Å². The summed E-state index contributed by atoms with van der Waals surface area (Å²) in [6.07, 6.45) is 4.08. The van der Waals surface area contributed by atoms with E-state index in [1.54, 1.807) is 29.3 Å².